The van der Waals surface area contributed by atoms with Crippen LogP contribution in [0.15, 0.2) is 66.3 Å². The summed E-state index contributed by atoms with van der Waals surface area (Å²) in [5, 5.41) is 12.2. The number of para-hydroxylation sites is 1. The Morgan fingerprint density at radius 1 is 1.16 bits per heavy atom. The summed E-state index contributed by atoms with van der Waals surface area (Å²) in [4.78, 5) is 12.6. The van der Waals surface area contributed by atoms with E-state index in [2.05, 4.69) is 42.9 Å². The molecule has 0 unspecified atom stereocenters. The summed E-state index contributed by atoms with van der Waals surface area (Å²) < 4.78 is 7.77. The molecule has 0 radical (unpaired) electrons. The van der Waals surface area contributed by atoms with Crippen LogP contribution in [-0.2, 0) is 23.4 Å². The minimum Gasteiger partial charge on any atom is -0.486 e. The molecule has 1 heterocycles. The largest absolute Gasteiger partial charge is 0.486 e. The van der Waals surface area contributed by atoms with Crippen molar-refractivity contribution >= 4 is 23.4 Å². The maximum absolute atomic E-state index is 12.6. The molecule has 0 fully saturated rings. The summed E-state index contributed by atoms with van der Waals surface area (Å²) in [6, 6.07) is 15.8. The molecule has 0 atom stereocenters. The Labute approximate surface area is 194 Å². The molecule has 0 aliphatic rings. The topological polar surface area (TPSA) is 69.0 Å². The fraction of sp³-hybridized carbons (Fsp3) is 0.320. The SMILES string of the molecule is C=CCn1c(COc2ccc(C)cc2)nnc1SCC(=O)Nc1ccccc1C(C)(C)C. The molecule has 1 aromatic heterocycles. The van der Waals surface area contributed by atoms with E-state index in [1.54, 1.807) is 6.08 Å². The molecular weight excluding hydrogens is 420 g/mol. The van der Waals surface area contributed by atoms with Gasteiger partial charge in [0.1, 0.15) is 12.4 Å². The third-order valence-corrected chi connectivity index (χ3v) is 5.80. The smallest absolute Gasteiger partial charge is 0.234 e. The first-order valence-corrected chi connectivity index (χ1v) is 11.5. The third-order valence-electron chi connectivity index (χ3n) is 4.84. The highest BCUT2D eigenvalue weighted by molar-refractivity contribution is 7.99. The van der Waals surface area contributed by atoms with Gasteiger partial charge in [0.15, 0.2) is 11.0 Å². The second-order valence-corrected chi connectivity index (χ2v) is 9.47. The number of carbonyl (C=O) groups excluding carboxylic acids is 1. The van der Waals surface area contributed by atoms with Crippen LogP contribution in [0, 0.1) is 6.92 Å². The van der Waals surface area contributed by atoms with Crippen LogP contribution in [0.1, 0.15) is 37.7 Å². The van der Waals surface area contributed by atoms with Crippen LogP contribution in [-0.4, -0.2) is 26.4 Å². The van der Waals surface area contributed by atoms with E-state index < -0.39 is 0 Å². The van der Waals surface area contributed by atoms with Crippen molar-refractivity contribution in [1.29, 1.82) is 0 Å². The molecule has 6 nitrogen and oxygen atoms in total. The molecule has 0 aliphatic carbocycles. The standard InChI is InChI=1S/C25H30N4O2S/c1-6-15-29-22(16-31-19-13-11-18(2)12-14-19)27-28-24(29)32-17-23(30)26-21-10-8-7-9-20(21)25(3,4)5/h6-14H,1,15-17H2,2-5H3,(H,26,30). The van der Waals surface area contributed by atoms with Crippen LogP contribution in [0.5, 0.6) is 5.75 Å². The molecule has 2 aromatic carbocycles. The van der Waals surface area contributed by atoms with Gasteiger partial charge >= 0.3 is 0 Å². The van der Waals surface area contributed by atoms with Crippen molar-refractivity contribution in [3.63, 3.8) is 0 Å². The number of hydrogen-bond donors (Lipinski definition) is 1. The Morgan fingerprint density at radius 3 is 2.56 bits per heavy atom. The maximum Gasteiger partial charge on any atom is 0.234 e. The Morgan fingerprint density at radius 2 is 1.88 bits per heavy atom. The molecule has 0 bridgehead atoms. The number of hydrogen-bond acceptors (Lipinski definition) is 5. The highest BCUT2D eigenvalue weighted by Crippen LogP contribution is 2.29. The van der Waals surface area contributed by atoms with E-state index in [4.69, 9.17) is 4.74 Å². The van der Waals surface area contributed by atoms with E-state index in [-0.39, 0.29) is 23.7 Å². The number of aromatic nitrogens is 3. The van der Waals surface area contributed by atoms with Crippen molar-refractivity contribution < 1.29 is 9.53 Å². The minimum absolute atomic E-state index is 0.0620. The van der Waals surface area contributed by atoms with Crippen LogP contribution in [0.3, 0.4) is 0 Å². The van der Waals surface area contributed by atoms with Crippen LogP contribution in [0.2, 0.25) is 0 Å². The summed E-state index contributed by atoms with van der Waals surface area (Å²) in [7, 11) is 0. The number of thioether (sulfide) groups is 1. The molecule has 1 amide bonds. The van der Waals surface area contributed by atoms with Gasteiger partial charge in [0.2, 0.25) is 5.91 Å². The number of allylic oxidation sites excluding steroid dienone is 1. The summed E-state index contributed by atoms with van der Waals surface area (Å²) in [5.41, 5.74) is 3.05. The number of amides is 1. The lowest BCUT2D eigenvalue weighted by Gasteiger charge is -2.22. The molecule has 0 aliphatic heterocycles. The van der Waals surface area contributed by atoms with Crippen molar-refractivity contribution in [1.82, 2.24) is 14.8 Å². The first kappa shape index (κ1) is 23.6. The summed E-state index contributed by atoms with van der Waals surface area (Å²) in [6.45, 7) is 13.1. The van der Waals surface area contributed by atoms with E-state index >= 15 is 0 Å². The van der Waals surface area contributed by atoms with E-state index in [9.17, 15) is 4.79 Å². The van der Waals surface area contributed by atoms with Crippen LogP contribution < -0.4 is 10.1 Å². The van der Waals surface area contributed by atoms with E-state index in [0.717, 1.165) is 17.0 Å². The third kappa shape index (κ3) is 6.23. The van der Waals surface area contributed by atoms with E-state index in [1.165, 1.54) is 17.3 Å². The molecule has 1 N–H and O–H groups in total. The molecule has 3 aromatic rings. The van der Waals surface area contributed by atoms with Crippen molar-refractivity contribution in [2.24, 2.45) is 0 Å². The average molecular weight is 451 g/mol. The first-order chi connectivity index (χ1) is 15.3. The fourth-order valence-corrected chi connectivity index (χ4v) is 3.96. The monoisotopic (exact) mass is 450 g/mol. The van der Waals surface area contributed by atoms with Gasteiger partial charge in [-0.05, 0) is 36.1 Å². The second kappa shape index (κ2) is 10.5. The van der Waals surface area contributed by atoms with Gasteiger partial charge < -0.3 is 10.1 Å². The Bertz CT molecular complexity index is 1070. The summed E-state index contributed by atoms with van der Waals surface area (Å²) in [5.74, 6) is 1.60. The quantitative estimate of drug-likeness (QED) is 0.350. The molecule has 7 heteroatoms. The van der Waals surface area contributed by atoms with Gasteiger partial charge in [-0.2, -0.15) is 0 Å². The predicted octanol–water partition coefficient (Wildman–Crippen LogP) is 5.38. The number of nitrogens with one attached hydrogen (secondary N) is 1. The lowest BCUT2D eigenvalue weighted by molar-refractivity contribution is -0.113. The van der Waals surface area contributed by atoms with Gasteiger partial charge in [-0.1, -0.05) is 74.5 Å². The van der Waals surface area contributed by atoms with Crippen molar-refractivity contribution in [3.05, 3.63) is 78.1 Å². The van der Waals surface area contributed by atoms with Crippen LogP contribution in [0.4, 0.5) is 5.69 Å². The first-order valence-electron chi connectivity index (χ1n) is 10.5. The van der Waals surface area contributed by atoms with Gasteiger partial charge in [0.25, 0.3) is 0 Å². The Kier molecular flexibility index (Phi) is 7.75. The molecule has 168 valence electrons. The van der Waals surface area contributed by atoms with Gasteiger partial charge in [0, 0.05) is 12.2 Å². The Hall–Kier alpha value is -3.06. The van der Waals surface area contributed by atoms with Crippen molar-refractivity contribution in [3.8, 4) is 5.75 Å². The second-order valence-electron chi connectivity index (χ2n) is 8.53. The number of carbonyl (C=O) groups is 1. The molecule has 3 rings (SSSR count). The Balaban J connectivity index is 1.64. The number of aryl methyl sites for hydroxylation is 1. The van der Waals surface area contributed by atoms with E-state index in [0.29, 0.717) is 17.5 Å². The number of rotatable bonds is 9. The number of anilines is 1. The molecular formula is C25H30N4O2S. The van der Waals surface area contributed by atoms with Crippen molar-refractivity contribution in [2.45, 2.75) is 51.4 Å². The predicted molar refractivity (Wildman–Crippen MR) is 130 cm³/mol. The molecule has 0 saturated heterocycles. The van der Waals surface area contributed by atoms with Gasteiger partial charge in [-0.25, -0.2) is 0 Å². The maximum atomic E-state index is 12.6. The lowest BCUT2D eigenvalue weighted by Crippen LogP contribution is -2.20. The van der Waals surface area contributed by atoms with Gasteiger partial charge in [-0.15, -0.1) is 16.8 Å². The average Bonchev–Trinajstić information content (AvgIpc) is 3.13. The fourth-order valence-electron chi connectivity index (χ4n) is 3.19. The zero-order valence-corrected chi connectivity index (χ0v) is 19.9. The molecule has 0 saturated carbocycles. The lowest BCUT2D eigenvalue weighted by atomic mass is 9.86. The zero-order valence-electron chi connectivity index (χ0n) is 19.1. The van der Waals surface area contributed by atoms with Crippen LogP contribution >= 0.6 is 11.8 Å². The number of ether oxygens (including phenoxy) is 1. The van der Waals surface area contributed by atoms with Gasteiger partial charge in [0.05, 0.1) is 5.75 Å². The van der Waals surface area contributed by atoms with E-state index in [1.807, 2.05) is 60.0 Å². The minimum atomic E-state index is -0.0858. The van der Waals surface area contributed by atoms with Crippen molar-refractivity contribution in [2.75, 3.05) is 11.1 Å². The van der Waals surface area contributed by atoms with Gasteiger partial charge in [-0.3, -0.25) is 9.36 Å². The number of benzene rings is 2. The normalized spacial score (nSPS) is 11.2. The van der Waals surface area contributed by atoms with Crippen LogP contribution in [0.25, 0.3) is 0 Å². The number of nitrogens with zero attached hydrogens (tertiary/aromatic N) is 3. The highest BCUT2D eigenvalue weighted by atomic mass is 32.2. The summed E-state index contributed by atoms with van der Waals surface area (Å²) in [6.07, 6.45) is 1.78. The zero-order chi connectivity index (χ0) is 23.1. The summed E-state index contributed by atoms with van der Waals surface area (Å²) >= 11 is 1.35. The highest BCUT2D eigenvalue weighted by Gasteiger charge is 2.19. The molecule has 0 spiro atoms. The molecule has 32 heavy (non-hydrogen) atoms.